The lowest BCUT2D eigenvalue weighted by Gasteiger charge is -2.25. The molecule has 2 rings (SSSR count). The fraction of sp³-hybridized carbons (Fsp3) is 0.400. The number of aliphatic hydroxyl groups is 1. The van der Waals surface area contributed by atoms with E-state index in [0.717, 1.165) is 0 Å². The summed E-state index contributed by atoms with van der Waals surface area (Å²) in [6, 6.07) is 6.29. The van der Waals surface area contributed by atoms with Crippen molar-refractivity contribution < 1.29 is 18.3 Å². The predicted molar refractivity (Wildman–Crippen MR) is 54.2 cm³/mol. The van der Waals surface area contributed by atoms with Gasteiger partial charge in [-0.15, -0.1) is 0 Å². The molecule has 0 unspecified atom stereocenters. The Morgan fingerprint density at radius 1 is 1.27 bits per heavy atom. The normalized spacial score (nSPS) is 17.4. The van der Waals surface area contributed by atoms with Crippen LogP contribution in [-0.2, 0) is 21.2 Å². The smallest absolute Gasteiger partial charge is 0.185 e. The zero-order valence-electron chi connectivity index (χ0n) is 8.09. The minimum absolute atomic E-state index is 0.0765. The maximum atomic E-state index is 11.9. The van der Waals surface area contributed by atoms with Crippen LogP contribution in [0.3, 0.4) is 0 Å². The summed E-state index contributed by atoms with van der Waals surface area (Å²) in [5.41, 5.74) is 0.707. The number of hydrogen-bond acceptors (Lipinski definition) is 4. The second-order valence-corrected chi connectivity index (χ2v) is 5.73. The lowest BCUT2D eigenvalue weighted by Crippen LogP contribution is -2.40. The average molecular weight is 228 g/mol. The van der Waals surface area contributed by atoms with E-state index in [2.05, 4.69) is 0 Å². The van der Waals surface area contributed by atoms with Gasteiger partial charge < -0.3 is 9.84 Å². The van der Waals surface area contributed by atoms with Gasteiger partial charge in [-0.05, 0) is 17.7 Å². The molecule has 5 heteroatoms. The molecular weight excluding hydrogens is 216 g/mol. The van der Waals surface area contributed by atoms with E-state index < -0.39 is 15.1 Å². The van der Waals surface area contributed by atoms with Crippen LogP contribution in [0.4, 0.5) is 0 Å². The van der Waals surface area contributed by atoms with Crippen LogP contribution in [0.5, 0.6) is 0 Å². The van der Waals surface area contributed by atoms with E-state index in [0.29, 0.717) is 10.5 Å². The highest BCUT2D eigenvalue weighted by molar-refractivity contribution is 7.92. The Balaban J connectivity index is 2.28. The molecule has 82 valence electrons. The Hall–Kier alpha value is -0.910. The van der Waals surface area contributed by atoms with Gasteiger partial charge >= 0.3 is 0 Å². The van der Waals surface area contributed by atoms with Crippen LogP contribution in [0.1, 0.15) is 5.56 Å². The summed E-state index contributed by atoms with van der Waals surface area (Å²) >= 11 is 0. The van der Waals surface area contributed by atoms with Gasteiger partial charge in [0, 0.05) is 0 Å². The zero-order chi connectivity index (χ0) is 10.9. The molecule has 4 nitrogen and oxygen atoms in total. The van der Waals surface area contributed by atoms with Gasteiger partial charge in [-0.3, -0.25) is 0 Å². The third kappa shape index (κ3) is 1.90. The van der Waals surface area contributed by atoms with Gasteiger partial charge in [-0.1, -0.05) is 12.1 Å². The molecular formula is C10H12O4S. The van der Waals surface area contributed by atoms with Crippen molar-refractivity contribution in [1.29, 1.82) is 0 Å². The van der Waals surface area contributed by atoms with Gasteiger partial charge in [0.1, 0.15) is 5.25 Å². The summed E-state index contributed by atoms with van der Waals surface area (Å²) in [4.78, 5) is 0.299. The molecule has 0 aromatic heterocycles. The number of sulfone groups is 1. The van der Waals surface area contributed by atoms with E-state index in [9.17, 15) is 8.42 Å². The molecule has 1 aromatic carbocycles. The van der Waals surface area contributed by atoms with E-state index in [1.165, 1.54) is 12.1 Å². The van der Waals surface area contributed by atoms with Crippen molar-refractivity contribution in [2.45, 2.75) is 16.8 Å². The number of hydrogen-bond donors (Lipinski definition) is 1. The molecule has 15 heavy (non-hydrogen) atoms. The van der Waals surface area contributed by atoms with Crippen LogP contribution >= 0.6 is 0 Å². The highest BCUT2D eigenvalue weighted by Gasteiger charge is 2.33. The first-order chi connectivity index (χ1) is 7.14. The molecule has 1 N–H and O–H groups in total. The van der Waals surface area contributed by atoms with Crippen LogP contribution in [0, 0.1) is 0 Å². The van der Waals surface area contributed by atoms with Gasteiger partial charge in [0.2, 0.25) is 0 Å². The van der Waals surface area contributed by atoms with E-state index >= 15 is 0 Å². The molecule has 0 radical (unpaired) electrons. The monoisotopic (exact) mass is 228 g/mol. The summed E-state index contributed by atoms with van der Waals surface area (Å²) in [6.07, 6.45) is 0. The summed E-state index contributed by atoms with van der Waals surface area (Å²) in [6.45, 7) is 0.487. The molecule has 1 aliphatic rings. The number of rotatable bonds is 3. The third-order valence-corrected chi connectivity index (χ3v) is 4.56. The van der Waals surface area contributed by atoms with Crippen LogP contribution in [-0.4, -0.2) is 32.0 Å². The van der Waals surface area contributed by atoms with Gasteiger partial charge in [0.15, 0.2) is 9.84 Å². The van der Waals surface area contributed by atoms with Crippen molar-refractivity contribution in [1.82, 2.24) is 0 Å². The van der Waals surface area contributed by atoms with Crippen LogP contribution in [0.15, 0.2) is 29.2 Å². The Kier molecular flexibility index (Phi) is 2.77. The first-order valence-corrected chi connectivity index (χ1v) is 6.20. The second kappa shape index (κ2) is 3.92. The minimum Gasteiger partial charge on any atom is -0.392 e. The Labute approximate surface area is 88.4 Å². The highest BCUT2D eigenvalue weighted by Crippen LogP contribution is 2.21. The van der Waals surface area contributed by atoms with Crippen molar-refractivity contribution in [3.8, 4) is 0 Å². The maximum absolute atomic E-state index is 11.9. The molecule has 0 atom stereocenters. The van der Waals surface area contributed by atoms with E-state index in [1.807, 2.05) is 0 Å². The van der Waals surface area contributed by atoms with Crippen molar-refractivity contribution in [2.24, 2.45) is 0 Å². The second-order valence-electron chi connectivity index (χ2n) is 3.51. The summed E-state index contributed by atoms with van der Waals surface area (Å²) in [5, 5.41) is 8.42. The van der Waals surface area contributed by atoms with E-state index in [1.54, 1.807) is 12.1 Å². The van der Waals surface area contributed by atoms with Crippen molar-refractivity contribution >= 4 is 9.84 Å². The molecule has 1 aromatic rings. The minimum atomic E-state index is -3.23. The average Bonchev–Trinajstić information content (AvgIpc) is 2.14. The number of ether oxygens (including phenoxy) is 1. The fourth-order valence-corrected chi connectivity index (χ4v) is 2.82. The Morgan fingerprint density at radius 3 is 2.27 bits per heavy atom. The molecule has 1 fully saturated rings. The lowest BCUT2D eigenvalue weighted by molar-refractivity contribution is 0.0416. The molecule has 0 amide bonds. The van der Waals surface area contributed by atoms with Gasteiger partial charge in [-0.25, -0.2) is 8.42 Å². The Morgan fingerprint density at radius 2 is 1.87 bits per heavy atom. The molecule has 0 saturated carbocycles. The molecule has 1 aliphatic heterocycles. The quantitative estimate of drug-likeness (QED) is 0.811. The Bertz CT molecular complexity index is 431. The fourth-order valence-electron chi connectivity index (χ4n) is 1.37. The zero-order valence-corrected chi connectivity index (χ0v) is 8.90. The maximum Gasteiger partial charge on any atom is 0.185 e. The molecule has 1 saturated heterocycles. The highest BCUT2D eigenvalue weighted by atomic mass is 32.2. The van der Waals surface area contributed by atoms with Crippen LogP contribution in [0.2, 0.25) is 0 Å². The molecule has 0 aliphatic carbocycles. The summed E-state index contributed by atoms with van der Waals surface area (Å²) in [5.74, 6) is 0. The van der Waals surface area contributed by atoms with Crippen molar-refractivity contribution in [3.05, 3.63) is 29.8 Å². The van der Waals surface area contributed by atoms with Crippen LogP contribution < -0.4 is 0 Å². The first kappa shape index (κ1) is 10.6. The topological polar surface area (TPSA) is 63.6 Å². The van der Waals surface area contributed by atoms with Gasteiger partial charge in [0.05, 0.1) is 24.7 Å². The van der Waals surface area contributed by atoms with E-state index in [-0.39, 0.29) is 19.8 Å². The largest absolute Gasteiger partial charge is 0.392 e. The van der Waals surface area contributed by atoms with Crippen LogP contribution in [0.25, 0.3) is 0 Å². The lowest BCUT2D eigenvalue weighted by atomic mass is 10.2. The van der Waals surface area contributed by atoms with Gasteiger partial charge in [0.25, 0.3) is 0 Å². The standard InChI is InChI=1S/C10H12O4S/c11-5-8-1-3-9(4-2-8)15(12,13)10-6-14-7-10/h1-4,10-11H,5-7H2. The SMILES string of the molecule is O=S(=O)(c1ccc(CO)cc1)C1COC1. The van der Waals surface area contributed by atoms with E-state index in [4.69, 9.17) is 9.84 Å². The van der Waals surface area contributed by atoms with Crippen molar-refractivity contribution in [2.75, 3.05) is 13.2 Å². The van der Waals surface area contributed by atoms with Crippen molar-refractivity contribution in [3.63, 3.8) is 0 Å². The number of aliphatic hydroxyl groups excluding tert-OH is 1. The summed E-state index contributed by atoms with van der Waals surface area (Å²) in [7, 11) is -3.23. The number of benzene rings is 1. The predicted octanol–water partition coefficient (Wildman–Crippen LogP) is 0.351. The first-order valence-electron chi connectivity index (χ1n) is 4.66. The summed E-state index contributed by atoms with van der Waals surface area (Å²) < 4.78 is 28.6. The third-order valence-electron chi connectivity index (χ3n) is 2.48. The molecule has 0 spiro atoms. The molecule has 0 bridgehead atoms. The van der Waals surface area contributed by atoms with Gasteiger partial charge in [-0.2, -0.15) is 0 Å². The molecule has 1 heterocycles.